The molecule has 4 nitrogen and oxygen atoms in total. The maximum absolute atomic E-state index is 6.35. The van der Waals surface area contributed by atoms with Crippen molar-refractivity contribution in [3.05, 3.63) is 29.8 Å². The second-order valence-corrected chi connectivity index (χ2v) is 5.33. The number of fused-ring (bicyclic) bond motifs is 1. The van der Waals surface area contributed by atoms with Crippen LogP contribution in [0.4, 0.5) is 0 Å². The Labute approximate surface area is 108 Å². The Bertz CT molecular complexity index is 416. The van der Waals surface area contributed by atoms with Gasteiger partial charge in [0.1, 0.15) is 12.4 Å². The van der Waals surface area contributed by atoms with Crippen LogP contribution in [0.1, 0.15) is 12.0 Å². The van der Waals surface area contributed by atoms with Crippen LogP contribution in [0.2, 0.25) is 0 Å². The third-order valence-electron chi connectivity index (χ3n) is 3.70. The van der Waals surface area contributed by atoms with Gasteiger partial charge in [0.2, 0.25) is 0 Å². The zero-order valence-electron chi connectivity index (χ0n) is 10.6. The highest BCUT2D eigenvalue weighted by Gasteiger charge is 2.33. The largest absolute Gasteiger partial charge is 0.492 e. The molecule has 0 spiro atoms. The van der Waals surface area contributed by atoms with Gasteiger partial charge in [0.15, 0.2) is 0 Å². The van der Waals surface area contributed by atoms with Crippen LogP contribution in [0.3, 0.4) is 0 Å². The molecule has 2 heterocycles. The summed E-state index contributed by atoms with van der Waals surface area (Å²) in [6, 6.07) is 8.24. The highest BCUT2D eigenvalue weighted by Crippen LogP contribution is 2.24. The maximum atomic E-state index is 6.35. The van der Waals surface area contributed by atoms with Crippen LogP contribution in [0.25, 0.3) is 0 Å². The second-order valence-electron chi connectivity index (χ2n) is 5.33. The lowest BCUT2D eigenvalue weighted by Gasteiger charge is -2.29. The molecular formula is C14H20N2O2. The van der Waals surface area contributed by atoms with Crippen molar-refractivity contribution in [2.24, 2.45) is 5.73 Å². The van der Waals surface area contributed by atoms with E-state index in [1.54, 1.807) is 0 Å². The molecular weight excluding hydrogens is 228 g/mol. The third-order valence-corrected chi connectivity index (χ3v) is 3.70. The zero-order chi connectivity index (χ0) is 12.4. The van der Waals surface area contributed by atoms with Crippen LogP contribution in [0.5, 0.6) is 5.75 Å². The zero-order valence-corrected chi connectivity index (χ0v) is 10.6. The molecule has 0 aromatic heterocycles. The van der Waals surface area contributed by atoms with Gasteiger partial charge in [-0.25, -0.2) is 0 Å². The van der Waals surface area contributed by atoms with Crippen molar-refractivity contribution in [3.8, 4) is 5.75 Å². The standard InChI is InChI=1S/C14H20N2O2/c15-14(5-7-17-11-14)10-16-6-8-18-13-4-2-1-3-12(13)9-16/h1-4H,5-11,15H2. The van der Waals surface area contributed by atoms with Crippen molar-refractivity contribution in [2.75, 3.05) is 32.9 Å². The summed E-state index contributed by atoms with van der Waals surface area (Å²) in [5.41, 5.74) is 7.42. The molecule has 2 aliphatic heterocycles. The van der Waals surface area contributed by atoms with Gasteiger partial charge in [-0.3, -0.25) is 4.90 Å². The Kier molecular flexibility index (Phi) is 3.24. The van der Waals surface area contributed by atoms with Crippen LogP contribution in [-0.2, 0) is 11.3 Å². The Morgan fingerprint density at radius 3 is 3.00 bits per heavy atom. The van der Waals surface area contributed by atoms with Crippen molar-refractivity contribution in [3.63, 3.8) is 0 Å². The average Bonchev–Trinajstić information content (AvgIpc) is 2.68. The summed E-state index contributed by atoms with van der Waals surface area (Å²) in [7, 11) is 0. The molecule has 2 aliphatic rings. The highest BCUT2D eigenvalue weighted by atomic mass is 16.5. The van der Waals surface area contributed by atoms with Gasteiger partial charge in [-0.15, -0.1) is 0 Å². The molecule has 18 heavy (non-hydrogen) atoms. The lowest BCUT2D eigenvalue weighted by molar-refractivity contribution is 0.144. The van der Waals surface area contributed by atoms with E-state index in [4.69, 9.17) is 15.2 Å². The fourth-order valence-electron chi connectivity index (χ4n) is 2.71. The summed E-state index contributed by atoms with van der Waals surface area (Å²) in [6.45, 7) is 4.91. The van der Waals surface area contributed by atoms with Crippen LogP contribution in [0, 0.1) is 0 Å². The number of rotatable bonds is 2. The molecule has 0 bridgehead atoms. The first-order chi connectivity index (χ1) is 8.75. The third kappa shape index (κ3) is 2.51. The van der Waals surface area contributed by atoms with Gasteiger partial charge in [0.25, 0.3) is 0 Å². The summed E-state index contributed by atoms with van der Waals surface area (Å²) in [4.78, 5) is 2.38. The van der Waals surface area contributed by atoms with E-state index in [2.05, 4.69) is 17.0 Å². The van der Waals surface area contributed by atoms with Gasteiger partial charge in [0, 0.05) is 31.8 Å². The number of hydrogen-bond acceptors (Lipinski definition) is 4. The Balaban J connectivity index is 1.71. The van der Waals surface area contributed by atoms with E-state index in [-0.39, 0.29) is 5.54 Å². The lowest BCUT2D eigenvalue weighted by atomic mass is 9.99. The molecule has 0 radical (unpaired) electrons. The molecule has 4 heteroatoms. The number of ether oxygens (including phenoxy) is 2. The monoisotopic (exact) mass is 248 g/mol. The molecule has 0 aliphatic carbocycles. The number of para-hydroxylation sites is 1. The molecule has 3 rings (SSSR count). The molecule has 1 fully saturated rings. The number of nitrogens with two attached hydrogens (primary N) is 1. The SMILES string of the molecule is NC1(CN2CCOc3ccccc3C2)CCOC1. The van der Waals surface area contributed by atoms with Gasteiger partial charge >= 0.3 is 0 Å². The fourth-order valence-corrected chi connectivity index (χ4v) is 2.71. The summed E-state index contributed by atoms with van der Waals surface area (Å²) >= 11 is 0. The van der Waals surface area contributed by atoms with Crippen LogP contribution >= 0.6 is 0 Å². The van der Waals surface area contributed by atoms with E-state index in [0.29, 0.717) is 6.61 Å². The van der Waals surface area contributed by atoms with E-state index in [1.165, 1.54) is 5.56 Å². The molecule has 1 aromatic rings. The fraction of sp³-hybridized carbons (Fsp3) is 0.571. The van der Waals surface area contributed by atoms with Gasteiger partial charge in [-0.05, 0) is 12.5 Å². The minimum Gasteiger partial charge on any atom is -0.492 e. The summed E-state index contributed by atoms with van der Waals surface area (Å²) in [5.74, 6) is 1.01. The van der Waals surface area contributed by atoms with Crippen molar-refractivity contribution in [1.29, 1.82) is 0 Å². The van der Waals surface area contributed by atoms with Crippen LogP contribution in [0.15, 0.2) is 24.3 Å². The molecule has 1 atom stereocenters. The maximum Gasteiger partial charge on any atom is 0.123 e. The Hall–Kier alpha value is -1.10. The van der Waals surface area contributed by atoms with Crippen molar-refractivity contribution in [2.45, 2.75) is 18.5 Å². The molecule has 1 unspecified atom stereocenters. The normalized spacial score (nSPS) is 28.5. The van der Waals surface area contributed by atoms with Crippen molar-refractivity contribution >= 4 is 0 Å². The van der Waals surface area contributed by atoms with Gasteiger partial charge < -0.3 is 15.2 Å². The van der Waals surface area contributed by atoms with Crippen molar-refractivity contribution < 1.29 is 9.47 Å². The molecule has 0 amide bonds. The molecule has 98 valence electrons. The summed E-state index contributed by atoms with van der Waals surface area (Å²) < 4.78 is 11.2. The number of benzene rings is 1. The van der Waals surface area contributed by atoms with E-state index in [1.807, 2.05) is 12.1 Å². The van der Waals surface area contributed by atoms with Gasteiger partial charge in [0.05, 0.1) is 12.1 Å². The van der Waals surface area contributed by atoms with Crippen LogP contribution in [-0.4, -0.2) is 43.3 Å². The first kappa shape index (κ1) is 12.0. The average molecular weight is 248 g/mol. The summed E-state index contributed by atoms with van der Waals surface area (Å²) in [6.07, 6.45) is 0.950. The minimum absolute atomic E-state index is 0.181. The first-order valence-corrected chi connectivity index (χ1v) is 6.55. The van der Waals surface area contributed by atoms with Crippen LogP contribution < -0.4 is 10.5 Å². The highest BCUT2D eigenvalue weighted by molar-refractivity contribution is 5.33. The summed E-state index contributed by atoms with van der Waals surface area (Å²) in [5, 5.41) is 0. The Morgan fingerprint density at radius 1 is 1.28 bits per heavy atom. The van der Waals surface area contributed by atoms with E-state index >= 15 is 0 Å². The van der Waals surface area contributed by atoms with E-state index in [9.17, 15) is 0 Å². The number of hydrogen-bond donors (Lipinski definition) is 1. The van der Waals surface area contributed by atoms with Crippen molar-refractivity contribution in [1.82, 2.24) is 4.90 Å². The van der Waals surface area contributed by atoms with Gasteiger partial charge in [-0.1, -0.05) is 18.2 Å². The quantitative estimate of drug-likeness (QED) is 0.848. The van der Waals surface area contributed by atoms with E-state index in [0.717, 1.165) is 45.0 Å². The first-order valence-electron chi connectivity index (χ1n) is 6.55. The molecule has 0 saturated carbocycles. The molecule has 2 N–H and O–H groups in total. The Morgan fingerprint density at radius 2 is 2.17 bits per heavy atom. The molecule has 1 aromatic carbocycles. The predicted molar refractivity (Wildman–Crippen MR) is 69.6 cm³/mol. The number of nitrogens with zero attached hydrogens (tertiary/aromatic N) is 1. The topological polar surface area (TPSA) is 47.7 Å². The second kappa shape index (κ2) is 4.88. The van der Waals surface area contributed by atoms with E-state index < -0.39 is 0 Å². The van der Waals surface area contributed by atoms with Gasteiger partial charge in [-0.2, -0.15) is 0 Å². The lowest BCUT2D eigenvalue weighted by Crippen LogP contribution is -2.51. The predicted octanol–water partition coefficient (Wildman–Crippen LogP) is 0.999. The minimum atomic E-state index is -0.181. The molecule has 1 saturated heterocycles. The smallest absolute Gasteiger partial charge is 0.123 e.